The zero-order valence-corrected chi connectivity index (χ0v) is 12.6. The van der Waals surface area contributed by atoms with Gasteiger partial charge in [0, 0.05) is 0 Å². The highest BCUT2D eigenvalue weighted by molar-refractivity contribution is 5.79. The zero-order valence-electron chi connectivity index (χ0n) is 12.6. The fraction of sp³-hybridized carbons (Fsp3) is 0.278. The molecule has 2 rings (SSSR count). The van der Waals surface area contributed by atoms with Crippen LogP contribution in [0.1, 0.15) is 17.5 Å². The van der Waals surface area contributed by atoms with Crippen LogP contribution in [-0.2, 0) is 6.42 Å². The Bertz CT molecular complexity index is 553. The number of hydrogen-bond donors (Lipinski definition) is 2. The molecule has 0 heterocycles. The molecule has 2 aromatic carbocycles. The standard InChI is InChI=1S/C18H22N2O2/c21-13-12-19-20-15-17-8-10-18(11-9-17)22-14-4-7-16-5-2-1-3-6-16/h1-3,5-6,8-11,15,19,21H,4,7,12-14H2. The Morgan fingerprint density at radius 3 is 2.55 bits per heavy atom. The second-order valence-electron chi connectivity index (χ2n) is 4.90. The van der Waals surface area contributed by atoms with Gasteiger partial charge in [-0.25, -0.2) is 0 Å². The third-order valence-electron chi connectivity index (χ3n) is 3.13. The molecule has 116 valence electrons. The molecule has 0 bridgehead atoms. The van der Waals surface area contributed by atoms with Gasteiger partial charge < -0.3 is 15.3 Å². The van der Waals surface area contributed by atoms with Gasteiger partial charge in [-0.2, -0.15) is 5.10 Å². The highest BCUT2D eigenvalue weighted by Crippen LogP contribution is 2.12. The average molecular weight is 298 g/mol. The summed E-state index contributed by atoms with van der Waals surface area (Å²) in [4.78, 5) is 0. The van der Waals surface area contributed by atoms with Crippen LogP contribution in [-0.4, -0.2) is 31.1 Å². The number of aliphatic hydroxyl groups is 1. The molecule has 0 saturated heterocycles. The SMILES string of the molecule is OCCNN=Cc1ccc(OCCCc2ccccc2)cc1. The molecule has 4 nitrogen and oxygen atoms in total. The minimum Gasteiger partial charge on any atom is -0.494 e. The molecule has 0 unspecified atom stereocenters. The Balaban J connectivity index is 1.69. The number of rotatable bonds is 9. The van der Waals surface area contributed by atoms with Crippen molar-refractivity contribution in [1.82, 2.24) is 5.43 Å². The number of aliphatic hydroxyl groups excluding tert-OH is 1. The first-order valence-electron chi connectivity index (χ1n) is 7.52. The van der Waals surface area contributed by atoms with E-state index in [1.165, 1.54) is 5.56 Å². The lowest BCUT2D eigenvalue weighted by Crippen LogP contribution is -2.11. The van der Waals surface area contributed by atoms with Gasteiger partial charge in [0.1, 0.15) is 5.75 Å². The zero-order chi connectivity index (χ0) is 15.5. The molecular weight excluding hydrogens is 276 g/mol. The minimum absolute atomic E-state index is 0.0765. The van der Waals surface area contributed by atoms with Gasteiger partial charge in [0.05, 0.1) is 26.0 Å². The first-order valence-corrected chi connectivity index (χ1v) is 7.52. The quantitative estimate of drug-likeness (QED) is 0.425. The van der Waals surface area contributed by atoms with E-state index in [1.807, 2.05) is 30.3 Å². The van der Waals surface area contributed by atoms with Crippen molar-refractivity contribution < 1.29 is 9.84 Å². The van der Waals surface area contributed by atoms with E-state index in [4.69, 9.17) is 9.84 Å². The van der Waals surface area contributed by atoms with Gasteiger partial charge in [-0.3, -0.25) is 0 Å². The lowest BCUT2D eigenvalue weighted by atomic mass is 10.1. The number of hydrogen-bond acceptors (Lipinski definition) is 4. The highest BCUT2D eigenvalue weighted by atomic mass is 16.5. The van der Waals surface area contributed by atoms with Gasteiger partial charge in [0.25, 0.3) is 0 Å². The first-order chi connectivity index (χ1) is 10.9. The van der Waals surface area contributed by atoms with Gasteiger partial charge in [-0.15, -0.1) is 0 Å². The molecular formula is C18H22N2O2. The lowest BCUT2D eigenvalue weighted by molar-refractivity contribution is 0.294. The molecule has 22 heavy (non-hydrogen) atoms. The summed E-state index contributed by atoms with van der Waals surface area (Å²) in [6.45, 7) is 1.24. The van der Waals surface area contributed by atoms with Gasteiger partial charge in [0.15, 0.2) is 0 Å². The van der Waals surface area contributed by atoms with E-state index in [9.17, 15) is 0 Å². The van der Waals surface area contributed by atoms with E-state index in [0.717, 1.165) is 24.2 Å². The van der Waals surface area contributed by atoms with Crippen LogP contribution in [0.3, 0.4) is 0 Å². The predicted molar refractivity (Wildman–Crippen MR) is 89.4 cm³/mol. The maximum absolute atomic E-state index is 8.62. The number of benzene rings is 2. The summed E-state index contributed by atoms with van der Waals surface area (Å²) in [6, 6.07) is 18.2. The second-order valence-corrected chi connectivity index (χ2v) is 4.90. The van der Waals surface area contributed by atoms with Crippen molar-refractivity contribution in [1.29, 1.82) is 0 Å². The topological polar surface area (TPSA) is 53.8 Å². The number of ether oxygens (including phenoxy) is 1. The Labute approximate surface area is 131 Å². The normalized spacial score (nSPS) is 10.8. The molecule has 0 saturated carbocycles. The highest BCUT2D eigenvalue weighted by Gasteiger charge is 1.96. The molecule has 4 heteroatoms. The Morgan fingerprint density at radius 2 is 1.82 bits per heavy atom. The van der Waals surface area contributed by atoms with Crippen molar-refractivity contribution >= 4 is 6.21 Å². The lowest BCUT2D eigenvalue weighted by Gasteiger charge is -2.06. The van der Waals surface area contributed by atoms with Crippen LogP contribution < -0.4 is 10.2 Å². The van der Waals surface area contributed by atoms with Crippen molar-refractivity contribution in [3.8, 4) is 5.75 Å². The summed E-state index contributed by atoms with van der Waals surface area (Å²) in [6.07, 6.45) is 3.75. The number of hydrazone groups is 1. The van der Waals surface area contributed by atoms with E-state index >= 15 is 0 Å². The Morgan fingerprint density at radius 1 is 1.05 bits per heavy atom. The van der Waals surface area contributed by atoms with Crippen molar-refractivity contribution in [2.75, 3.05) is 19.8 Å². The molecule has 0 aromatic heterocycles. The number of aryl methyl sites for hydroxylation is 1. The second kappa shape index (κ2) is 9.58. The minimum atomic E-state index is 0.0765. The summed E-state index contributed by atoms with van der Waals surface area (Å²) in [5.74, 6) is 0.869. The molecule has 0 fully saturated rings. The molecule has 2 aromatic rings. The van der Waals surface area contributed by atoms with Crippen LogP contribution in [0, 0.1) is 0 Å². The van der Waals surface area contributed by atoms with Crippen LogP contribution in [0.15, 0.2) is 59.7 Å². The van der Waals surface area contributed by atoms with E-state index in [1.54, 1.807) is 6.21 Å². The van der Waals surface area contributed by atoms with Gasteiger partial charge in [-0.05, 0) is 48.2 Å². The third-order valence-corrected chi connectivity index (χ3v) is 3.13. The van der Waals surface area contributed by atoms with Crippen LogP contribution in [0.2, 0.25) is 0 Å². The molecule has 0 radical (unpaired) electrons. The molecule has 0 atom stereocenters. The van der Waals surface area contributed by atoms with E-state index in [2.05, 4.69) is 34.8 Å². The average Bonchev–Trinajstić information content (AvgIpc) is 2.58. The van der Waals surface area contributed by atoms with E-state index in [0.29, 0.717) is 13.2 Å². The maximum Gasteiger partial charge on any atom is 0.119 e. The van der Waals surface area contributed by atoms with E-state index in [-0.39, 0.29) is 6.61 Å². The maximum atomic E-state index is 8.62. The van der Waals surface area contributed by atoms with Crippen molar-refractivity contribution in [2.45, 2.75) is 12.8 Å². The molecule has 0 spiro atoms. The van der Waals surface area contributed by atoms with E-state index < -0.39 is 0 Å². The summed E-state index contributed by atoms with van der Waals surface area (Å²) < 4.78 is 5.73. The number of nitrogens with zero attached hydrogens (tertiary/aromatic N) is 1. The van der Waals surface area contributed by atoms with Crippen LogP contribution >= 0.6 is 0 Å². The van der Waals surface area contributed by atoms with Crippen molar-refractivity contribution in [3.05, 3.63) is 65.7 Å². The third kappa shape index (κ3) is 5.97. The summed E-state index contributed by atoms with van der Waals surface area (Å²) in [5, 5.41) is 12.6. The molecule has 0 aliphatic carbocycles. The van der Waals surface area contributed by atoms with Crippen LogP contribution in [0.5, 0.6) is 5.75 Å². The fourth-order valence-electron chi connectivity index (χ4n) is 2.00. The smallest absolute Gasteiger partial charge is 0.119 e. The molecule has 0 aliphatic rings. The molecule has 2 N–H and O–H groups in total. The fourth-order valence-corrected chi connectivity index (χ4v) is 2.00. The van der Waals surface area contributed by atoms with Crippen LogP contribution in [0.25, 0.3) is 0 Å². The Kier molecular flexibility index (Phi) is 6.99. The molecule has 0 aliphatic heterocycles. The Hall–Kier alpha value is -2.33. The molecule has 0 amide bonds. The summed E-state index contributed by atoms with van der Waals surface area (Å²) >= 11 is 0. The van der Waals surface area contributed by atoms with Crippen molar-refractivity contribution in [2.24, 2.45) is 5.10 Å². The summed E-state index contributed by atoms with van der Waals surface area (Å²) in [7, 11) is 0. The predicted octanol–water partition coefficient (Wildman–Crippen LogP) is 2.61. The monoisotopic (exact) mass is 298 g/mol. The van der Waals surface area contributed by atoms with Crippen LogP contribution in [0.4, 0.5) is 0 Å². The van der Waals surface area contributed by atoms with Crippen molar-refractivity contribution in [3.63, 3.8) is 0 Å². The first kappa shape index (κ1) is 16.0. The van der Waals surface area contributed by atoms with Gasteiger partial charge in [-0.1, -0.05) is 30.3 Å². The number of nitrogens with one attached hydrogen (secondary N) is 1. The van der Waals surface area contributed by atoms with Gasteiger partial charge >= 0.3 is 0 Å². The van der Waals surface area contributed by atoms with Gasteiger partial charge in [0.2, 0.25) is 0 Å². The largest absolute Gasteiger partial charge is 0.494 e. The summed E-state index contributed by atoms with van der Waals surface area (Å²) in [5.41, 5.74) is 5.07.